The third-order valence-electron chi connectivity index (χ3n) is 4.51. The molecule has 0 saturated heterocycles. The number of aryl methyl sites for hydroxylation is 1. The minimum absolute atomic E-state index is 0.0539. The van der Waals surface area contributed by atoms with Gasteiger partial charge in [0.05, 0.1) is 6.04 Å². The lowest BCUT2D eigenvalue weighted by atomic mass is 10.1. The number of carbonyl (C=O) groups is 2. The van der Waals surface area contributed by atoms with Crippen LogP contribution < -0.4 is 15.5 Å². The maximum absolute atomic E-state index is 12.2. The number of nitrogens with zero attached hydrogens (tertiary/aromatic N) is 2. The number of hydrogen-bond acceptors (Lipinski definition) is 4. The topological polar surface area (TPSA) is 64.7 Å². The van der Waals surface area contributed by atoms with E-state index in [9.17, 15) is 9.59 Å². The van der Waals surface area contributed by atoms with E-state index in [2.05, 4.69) is 10.6 Å². The summed E-state index contributed by atoms with van der Waals surface area (Å²) in [5.41, 5.74) is 3.54. The van der Waals surface area contributed by atoms with Crippen LogP contribution in [-0.4, -0.2) is 51.4 Å². The maximum Gasteiger partial charge on any atom is 0.313 e. The molecular formula is C21H27ClN4O2. The van der Waals surface area contributed by atoms with E-state index in [1.165, 1.54) is 0 Å². The summed E-state index contributed by atoms with van der Waals surface area (Å²) in [4.78, 5) is 28.4. The van der Waals surface area contributed by atoms with Crippen molar-refractivity contribution in [3.63, 3.8) is 0 Å². The Morgan fingerprint density at radius 2 is 1.64 bits per heavy atom. The van der Waals surface area contributed by atoms with Crippen molar-refractivity contribution < 1.29 is 9.59 Å². The van der Waals surface area contributed by atoms with Gasteiger partial charge in [-0.05, 0) is 56.4 Å². The molecule has 150 valence electrons. The molecule has 0 aromatic heterocycles. The van der Waals surface area contributed by atoms with Gasteiger partial charge in [0, 0.05) is 37.0 Å². The highest BCUT2D eigenvalue weighted by Crippen LogP contribution is 2.21. The van der Waals surface area contributed by atoms with E-state index < -0.39 is 11.8 Å². The lowest BCUT2D eigenvalue weighted by molar-refractivity contribution is -0.136. The molecule has 2 aromatic carbocycles. The van der Waals surface area contributed by atoms with Crippen LogP contribution in [0, 0.1) is 6.92 Å². The Balaban J connectivity index is 1.99. The Kier molecular flexibility index (Phi) is 7.43. The molecule has 6 nitrogen and oxygen atoms in total. The molecule has 2 rings (SSSR count). The zero-order valence-electron chi connectivity index (χ0n) is 16.9. The summed E-state index contributed by atoms with van der Waals surface area (Å²) in [5, 5.41) is 5.81. The third kappa shape index (κ3) is 5.71. The number of carbonyl (C=O) groups excluding carboxylic acids is 2. The van der Waals surface area contributed by atoms with E-state index in [4.69, 9.17) is 11.6 Å². The van der Waals surface area contributed by atoms with E-state index in [-0.39, 0.29) is 6.04 Å². The second kappa shape index (κ2) is 9.57. The van der Waals surface area contributed by atoms with Gasteiger partial charge in [-0.3, -0.25) is 9.59 Å². The lowest BCUT2D eigenvalue weighted by Crippen LogP contribution is -2.40. The summed E-state index contributed by atoms with van der Waals surface area (Å²) < 4.78 is 0. The summed E-state index contributed by atoms with van der Waals surface area (Å²) in [6.45, 7) is 2.18. The Morgan fingerprint density at radius 3 is 2.18 bits per heavy atom. The molecule has 0 heterocycles. The van der Waals surface area contributed by atoms with Crippen LogP contribution in [0.1, 0.15) is 17.2 Å². The van der Waals surface area contributed by atoms with Gasteiger partial charge in [-0.2, -0.15) is 0 Å². The molecule has 0 aliphatic rings. The van der Waals surface area contributed by atoms with Crippen molar-refractivity contribution in [3.05, 3.63) is 58.6 Å². The highest BCUT2D eigenvalue weighted by molar-refractivity contribution is 6.39. The average Bonchev–Trinajstić information content (AvgIpc) is 2.64. The first kappa shape index (κ1) is 21.7. The van der Waals surface area contributed by atoms with Crippen LogP contribution in [0.5, 0.6) is 0 Å². The van der Waals surface area contributed by atoms with E-state index in [0.29, 0.717) is 17.3 Å². The first-order valence-corrected chi connectivity index (χ1v) is 9.36. The maximum atomic E-state index is 12.2. The molecule has 2 aromatic rings. The monoisotopic (exact) mass is 402 g/mol. The predicted molar refractivity (Wildman–Crippen MR) is 115 cm³/mol. The van der Waals surface area contributed by atoms with Crippen molar-refractivity contribution in [2.45, 2.75) is 13.0 Å². The fraction of sp³-hybridized carbons (Fsp3) is 0.333. The summed E-state index contributed by atoms with van der Waals surface area (Å²) in [6.07, 6.45) is 0. The fourth-order valence-electron chi connectivity index (χ4n) is 2.72. The SMILES string of the molecule is Cc1ccc(NC(=O)C(=O)NCC(c2ccc(N(C)C)cc2)N(C)C)cc1Cl. The molecule has 0 aliphatic carbocycles. The second-order valence-corrected chi connectivity index (χ2v) is 7.50. The molecule has 0 bridgehead atoms. The number of amides is 2. The van der Waals surface area contributed by atoms with Crippen molar-refractivity contribution in [2.24, 2.45) is 0 Å². The van der Waals surface area contributed by atoms with Crippen LogP contribution in [0.25, 0.3) is 0 Å². The first-order chi connectivity index (χ1) is 13.2. The Labute approximate surface area is 171 Å². The number of nitrogens with one attached hydrogen (secondary N) is 2. The van der Waals surface area contributed by atoms with Gasteiger partial charge < -0.3 is 20.4 Å². The van der Waals surface area contributed by atoms with E-state index in [0.717, 1.165) is 16.8 Å². The number of rotatable bonds is 6. The summed E-state index contributed by atoms with van der Waals surface area (Å²) in [7, 11) is 7.84. The summed E-state index contributed by atoms with van der Waals surface area (Å²) >= 11 is 6.05. The number of halogens is 1. The van der Waals surface area contributed by atoms with E-state index >= 15 is 0 Å². The van der Waals surface area contributed by atoms with E-state index in [1.54, 1.807) is 18.2 Å². The largest absolute Gasteiger partial charge is 0.378 e. The van der Waals surface area contributed by atoms with Crippen LogP contribution in [0.2, 0.25) is 5.02 Å². The minimum atomic E-state index is -0.722. The Morgan fingerprint density at radius 1 is 1.00 bits per heavy atom. The lowest BCUT2D eigenvalue weighted by Gasteiger charge is -2.25. The molecule has 0 spiro atoms. The third-order valence-corrected chi connectivity index (χ3v) is 4.92. The summed E-state index contributed by atoms with van der Waals surface area (Å²) in [5.74, 6) is -1.41. The van der Waals surface area contributed by atoms with Gasteiger partial charge in [-0.15, -0.1) is 0 Å². The molecule has 0 saturated carbocycles. The van der Waals surface area contributed by atoms with Crippen LogP contribution >= 0.6 is 11.6 Å². The zero-order chi connectivity index (χ0) is 20.8. The van der Waals surface area contributed by atoms with Crippen LogP contribution in [0.15, 0.2) is 42.5 Å². The van der Waals surface area contributed by atoms with Gasteiger partial charge in [0.1, 0.15) is 0 Å². The smallest absolute Gasteiger partial charge is 0.313 e. The highest BCUT2D eigenvalue weighted by Gasteiger charge is 2.19. The molecule has 0 radical (unpaired) electrons. The van der Waals surface area contributed by atoms with Gasteiger partial charge in [-0.25, -0.2) is 0 Å². The molecule has 2 amide bonds. The summed E-state index contributed by atoms with van der Waals surface area (Å²) in [6, 6.07) is 13.2. The molecule has 0 fully saturated rings. The molecule has 2 N–H and O–H groups in total. The molecule has 7 heteroatoms. The quantitative estimate of drug-likeness (QED) is 0.729. The fourth-order valence-corrected chi connectivity index (χ4v) is 2.90. The van der Waals surface area contributed by atoms with Crippen LogP contribution in [0.4, 0.5) is 11.4 Å². The Hall–Kier alpha value is -2.57. The zero-order valence-corrected chi connectivity index (χ0v) is 17.7. The molecule has 1 atom stereocenters. The molecular weight excluding hydrogens is 376 g/mol. The van der Waals surface area contributed by atoms with Crippen LogP contribution in [-0.2, 0) is 9.59 Å². The van der Waals surface area contributed by atoms with Gasteiger partial charge >= 0.3 is 11.8 Å². The average molecular weight is 403 g/mol. The van der Waals surface area contributed by atoms with Gasteiger partial charge in [0.25, 0.3) is 0 Å². The standard InChI is InChI=1S/C21H27ClN4O2/c1-14-6-9-16(12-18(14)22)24-21(28)20(27)23-13-19(26(4)5)15-7-10-17(11-8-15)25(2)3/h6-12,19H,13H2,1-5H3,(H,23,27)(H,24,28). The van der Waals surface area contributed by atoms with Gasteiger partial charge in [0.15, 0.2) is 0 Å². The van der Waals surface area contributed by atoms with Gasteiger partial charge in [0.2, 0.25) is 0 Å². The second-order valence-electron chi connectivity index (χ2n) is 7.09. The number of likely N-dealkylation sites (N-methyl/N-ethyl adjacent to an activating group) is 1. The van der Waals surface area contributed by atoms with Crippen molar-refractivity contribution in [1.82, 2.24) is 10.2 Å². The normalized spacial score (nSPS) is 11.8. The van der Waals surface area contributed by atoms with Crippen molar-refractivity contribution in [2.75, 3.05) is 45.0 Å². The molecule has 0 aliphatic heterocycles. The highest BCUT2D eigenvalue weighted by atomic mass is 35.5. The number of anilines is 2. The minimum Gasteiger partial charge on any atom is -0.378 e. The molecule has 1 unspecified atom stereocenters. The van der Waals surface area contributed by atoms with Crippen molar-refractivity contribution in [3.8, 4) is 0 Å². The van der Waals surface area contributed by atoms with Gasteiger partial charge in [-0.1, -0.05) is 29.8 Å². The molecule has 28 heavy (non-hydrogen) atoms. The Bertz CT molecular complexity index is 835. The number of hydrogen-bond donors (Lipinski definition) is 2. The first-order valence-electron chi connectivity index (χ1n) is 8.98. The van der Waals surface area contributed by atoms with Crippen LogP contribution in [0.3, 0.4) is 0 Å². The van der Waals surface area contributed by atoms with Crippen molar-refractivity contribution >= 4 is 34.8 Å². The van der Waals surface area contributed by atoms with Crippen molar-refractivity contribution in [1.29, 1.82) is 0 Å². The number of benzene rings is 2. The van der Waals surface area contributed by atoms with E-state index in [1.807, 2.05) is 69.2 Å². The predicted octanol–water partition coefficient (Wildman–Crippen LogP) is 3.07.